The van der Waals surface area contributed by atoms with E-state index < -0.39 is 0 Å². The fourth-order valence-corrected chi connectivity index (χ4v) is 3.24. The van der Waals surface area contributed by atoms with Gasteiger partial charge in [-0.3, -0.25) is 4.90 Å². The average molecular weight is 353 g/mol. The van der Waals surface area contributed by atoms with Crippen LogP contribution in [0.4, 0.5) is 5.69 Å². The highest BCUT2D eigenvalue weighted by Gasteiger charge is 2.19. The van der Waals surface area contributed by atoms with E-state index in [1.165, 1.54) is 5.69 Å². The highest BCUT2D eigenvalue weighted by molar-refractivity contribution is 5.86. The molecule has 1 fully saturated rings. The Balaban J connectivity index is 1.48. The molecule has 0 saturated carbocycles. The molecular formula is C19H23N5O2. The third-order valence-electron chi connectivity index (χ3n) is 4.54. The SMILES string of the molecule is CC(C)Oc1ncnc2ccc(N3CCN(Cc4ccno4)CC3)cc12. The number of aromatic nitrogens is 3. The first-order valence-electron chi connectivity index (χ1n) is 8.97. The van der Waals surface area contributed by atoms with Crippen LogP contribution in [0, 0.1) is 0 Å². The van der Waals surface area contributed by atoms with Crippen LogP contribution in [0.2, 0.25) is 0 Å². The van der Waals surface area contributed by atoms with Gasteiger partial charge in [0.05, 0.1) is 29.7 Å². The molecule has 136 valence electrons. The number of anilines is 1. The minimum atomic E-state index is 0.0800. The van der Waals surface area contributed by atoms with Gasteiger partial charge in [-0.25, -0.2) is 9.97 Å². The minimum Gasteiger partial charge on any atom is -0.474 e. The second-order valence-electron chi connectivity index (χ2n) is 6.79. The second kappa shape index (κ2) is 7.29. The molecule has 0 spiro atoms. The second-order valence-corrected chi connectivity index (χ2v) is 6.79. The van der Waals surface area contributed by atoms with Crippen molar-refractivity contribution in [2.45, 2.75) is 26.5 Å². The summed E-state index contributed by atoms with van der Waals surface area (Å²) in [6, 6.07) is 8.23. The van der Waals surface area contributed by atoms with E-state index in [1.807, 2.05) is 26.0 Å². The first-order chi connectivity index (χ1) is 12.7. The summed E-state index contributed by atoms with van der Waals surface area (Å²) in [5.41, 5.74) is 2.09. The van der Waals surface area contributed by atoms with Gasteiger partial charge >= 0.3 is 0 Å². The molecule has 0 unspecified atom stereocenters. The normalized spacial score (nSPS) is 15.7. The van der Waals surface area contributed by atoms with Crippen molar-refractivity contribution in [3.8, 4) is 5.88 Å². The summed E-state index contributed by atoms with van der Waals surface area (Å²) in [5, 5.41) is 4.73. The molecular weight excluding hydrogens is 330 g/mol. The first kappa shape index (κ1) is 16.8. The average Bonchev–Trinajstić information content (AvgIpc) is 3.15. The van der Waals surface area contributed by atoms with Crippen molar-refractivity contribution in [3.05, 3.63) is 42.5 Å². The Bertz CT molecular complexity index is 858. The van der Waals surface area contributed by atoms with Crippen molar-refractivity contribution < 1.29 is 9.26 Å². The van der Waals surface area contributed by atoms with Crippen LogP contribution in [0.1, 0.15) is 19.6 Å². The van der Waals surface area contributed by atoms with Crippen molar-refractivity contribution in [2.24, 2.45) is 0 Å². The lowest BCUT2D eigenvalue weighted by Crippen LogP contribution is -2.45. The van der Waals surface area contributed by atoms with E-state index in [1.54, 1.807) is 12.5 Å². The topological polar surface area (TPSA) is 67.5 Å². The van der Waals surface area contributed by atoms with E-state index in [4.69, 9.17) is 9.26 Å². The molecule has 0 N–H and O–H groups in total. The van der Waals surface area contributed by atoms with Gasteiger partial charge in [0.2, 0.25) is 5.88 Å². The van der Waals surface area contributed by atoms with Crippen LogP contribution in [-0.2, 0) is 6.54 Å². The van der Waals surface area contributed by atoms with E-state index in [-0.39, 0.29) is 6.10 Å². The van der Waals surface area contributed by atoms with E-state index in [0.717, 1.165) is 49.4 Å². The summed E-state index contributed by atoms with van der Waals surface area (Å²) in [6.45, 7) is 8.73. The zero-order valence-electron chi connectivity index (χ0n) is 15.1. The predicted molar refractivity (Wildman–Crippen MR) is 99.3 cm³/mol. The van der Waals surface area contributed by atoms with Gasteiger partial charge in [-0.1, -0.05) is 5.16 Å². The number of hydrogen-bond donors (Lipinski definition) is 0. The molecule has 1 aromatic carbocycles. The van der Waals surface area contributed by atoms with Crippen molar-refractivity contribution in [1.29, 1.82) is 0 Å². The summed E-state index contributed by atoms with van der Waals surface area (Å²) in [6.07, 6.45) is 3.33. The molecule has 7 heteroatoms. The van der Waals surface area contributed by atoms with Gasteiger partial charge in [-0.05, 0) is 32.0 Å². The summed E-state index contributed by atoms with van der Waals surface area (Å²) in [5.74, 6) is 1.56. The predicted octanol–water partition coefficient (Wildman–Crippen LogP) is 2.73. The number of hydrogen-bond acceptors (Lipinski definition) is 7. The largest absolute Gasteiger partial charge is 0.474 e. The quantitative estimate of drug-likeness (QED) is 0.698. The molecule has 1 aliphatic rings. The Labute approximate surface area is 152 Å². The monoisotopic (exact) mass is 353 g/mol. The molecule has 0 aliphatic carbocycles. The van der Waals surface area contributed by atoms with Crippen LogP contribution in [0.25, 0.3) is 10.9 Å². The third-order valence-corrected chi connectivity index (χ3v) is 4.54. The Morgan fingerprint density at radius 2 is 1.96 bits per heavy atom. The maximum atomic E-state index is 5.85. The molecule has 0 amide bonds. The van der Waals surface area contributed by atoms with Crippen LogP contribution in [-0.4, -0.2) is 52.3 Å². The van der Waals surface area contributed by atoms with Gasteiger partial charge in [-0.2, -0.15) is 0 Å². The van der Waals surface area contributed by atoms with Crippen LogP contribution in [0.5, 0.6) is 5.88 Å². The van der Waals surface area contributed by atoms with Gasteiger partial charge in [0.15, 0.2) is 5.76 Å². The molecule has 26 heavy (non-hydrogen) atoms. The lowest BCUT2D eigenvalue weighted by Gasteiger charge is -2.35. The number of benzene rings is 1. The smallest absolute Gasteiger partial charge is 0.224 e. The van der Waals surface area contributed by atoms with E-state index in [0.29, 0.717) is 5.88 Å². The van der Waals surface area contributed by atoms with E-state index in [2.05, 4.69) is 37.1 Å². The Kier molecular flexibility index (Phi) is 4.71. The number of rotatable bonds is 5. The first-order valence-corrected chi connectivity index (χ1v) is 8.97. The fourth-order valence-electron chi connectivity index (χ4n) is 3.24. The third kappa shape index (κ3) is 3.62. The molecule has 3 aromatic rings. The minimum absolute atomic E-state index is 0.0800. The van der Waals surface area contributed by atoms with Crippen molar-refractivity contribution in [1.82, 2.24) is 20.0 Å². The highest BCUT2D eigenvalue weighted by Crippen LogP contribution is 2.28. The Morgan fingerprint density at radius 1 is 1.12 bits per heavy atom. The molecule has 4 rings (SSSR count). The van der Waals surface area contributed by atoms with Gasteiger partial charge in [-0.15, -0.1) is 0 Å². The van der Waals surface area contributed by atoms with Crippen molar-refractivity contribution in [2.75, 3.05) is 31.1 Å². The molecule has 1 saturated heterocycles. The fraction of sp³-hybridized carbons (Fsp3) is 0.421. The molecule has 7 nitrogen and oxygen atoms in total. The molecule has 1 aliphatic heterocycles. The standard InChI is InChI=1S/C19H23N5O2/c1-14(2)25-19-17-11-15(3-4-18(17)20-13-21-19)24-9-7-23(8-10-24)12-16-5-6-22-26-16/h3-6,11,13-14H,7-10,12H2,1-2H3. The summed E-state index contributed by atoms with van der Waals surface area (Å²) in [4.78, 5) is 13.4. The lowest BCUT2D eigenvalue weighted by atomic mass is 10.2. The maximum Gasteiger partial charge on any atom is 0.224 e. The zero-order chi connectivity index (χ0) is 17.9. The lowest BCUT2D eigenvalue weighted by molar-refractivity contribution is 0.219. The molecule has 3 heterocycles. The molecule has 0 atom stereocenters. The highest BCUT2D eigenvalue weighted by atomic mass is 16.5. The van der Waals surface area contributed by atoms with Gasteiger partial charge < -0.3 is 14.2 Å². The number of nitrogens with zero attached hydrogens (tertiary/aromatic N) is 5. The summed E-state index contributed by atoms with van der Waals surface area (Å²) >= 11 is 0. The van der Waals surface area contributed by atoms with E-state index >= 15 is 0 Å². The number of piperazine rings is 1. The van der Waals surface area contributed by atoms with Crippen LogP contribution < -0.4 is 9.64 Å². The Hall–Kier alpha value is -2.67. The number of fused-ring (bicyclic) bond motifs is 1. The zero-order valence-corrected chi connectivity index (χ0v) is 15.1. The van der Waals surface area contributed by atoms with Crippen LogP contribution >= 0.6 is 0 Å². The van der Waals surface area contributed by atoms with Gasteiger partial charge in [0.25, 0.3) is 0 Å². The maximum absolute atomic E-state index is 5.85. The molecule has 2 aromatic heterocycles. The van der Waals surface area contributed by atoms with Gasteiger partial charge in [0.1, 0.15) is 6.33 Å². The van der Waals surface area contributed by atoms with Crippen LogP contribution in [0.3, 0.4) is 0 Å². The summed E-state index contributed by atoms with van der Waals surface area (Å²) in [7, 11) is 0. The van der Waals surface area contributed by atoms with E-state index in [9.17, 15) is 0 Å². The van der Waals surface area contributed by atoms with Crippen LogP contribution in [0.15, 0.2) is 41.3 Å². The van der Waals surface area contributed by atoms with Crippen molar-refractivity contribution >= 4 is 16.6 Å². The molecule has 0 radical (unpaired) electrons. The van der Waals surface area contributed by atoms with Crippen molar-refractivity contribution in [3.63, 3.8) is 0 Å². The van der Waals surface area contributed by atoms with Gasteiger partial charge in [0, 0.05) is 37.9 Å². The number of ether oxygens (including phenoxy) is 1. The summed E-state index contributed by atoms with van der Waals surface area (Å²) < 4.78 is 11.1. The Morgan fingerprint density at radius 3 is 2.69 bits per heavy atom. The molecule has 0 bridgehead atoms.